The number of para-hydroxylation sites is 1. The molecule has 1 heterocycles. The molecule has 0 aliphatic carbocycles. The molecule has 1 aromatic carbocycles. The molecule has 0 fully saturated rings. The first-order valence-corrected chi connectivity index (χ1v) is 4.29. The van der Waals surface area contributed by atoms with E-state index in [1.165, 1.54) is 0 Å². The van der Waals surface area contributed by atoms with Crippen LogP contribution in [0.1, 0.15) is 5.56 Å². The number of fused-ring (bicyclic) bond motifs is 1. The molecule has 0 amide bonds. The molecule has 1 aliphatic rings. The maximum Gasteiger partial charge on any atom is 0.222 e. The topological polar surface area (TPSA) is 56.8 Å². The fourth-order valence-corrected chi connectivity index (χ4v) is 1.43. The van der Waals surface area contributed by atoms with Crippen molar-refractivity contribution in [2.45, 2.75) is 0 Å². The number of hydrogen-bond acceptors (Lipinski definition) is 3. The Morgan fingerprint density at radius 3 is 2.53 bits per heavy atom. The second kappa shape index (κ2) is 3.32. The number of nitriles is 2. The van der Waals surface area contributed by atoms with Gasteiger partial charge in [0.15, 0.2) is 0 Å². The second-order valence-corrected chi connectivity index (χ2v) is 3.00. The van der Waals surface area contributed by atoms with E-state index in [0.29, 0.717) is 11.3 Å². The van der Waals surface area contributed by atoms with Crippen LogP contribution in [-0.2, 0) is 0 Å². The number of benzene rings is 1. The van der Waals surface area contributed by atoms with Crippen LogP contribution >= 0.6 is 0 Å². The Kier molecular flexibility index (Phi) is 2.00. The summed E-state index contributed by atoms with van der Waals surface area (Å²) in [6.07, 6.45) is 0. The van der Waals surface area contributed by atoms with Crippen molar-refractivity contribution in [3.63, 3.8) is 0 Å². The molecule has 1 aromatic rings. The fourth-order valence-electron chi connectivity index (χ4n) is 1.43. The standard InChI is InChI=1S/C12H6N2O/c1-8-9-4-2-3-5-11(9)15-12(7-14)10(8)6-13/h2-5H,1H2. The Labute approximate surface area is 87.1 Å². The van der Waals surface area contributed by atoms with E-state index in [1.54, 1.807) is 12.1 Å². The number of rotatable bonds is 0. The average molecular weight is 194 g/mol. The van der Waals surface area contributed by atoms with Gasteiger partial charge in [0, 0.05) is 11.1 Å². The summed E-state index contributed by atoms with van der Waals surface area (Å²) in [6.45, 7) is 3.79. The van der Waals surface area contributed by atoms with Crippen LogP contribution < -0.4 is 4.74 Å². The smallest absolute Gasteiger partial charge is 0.222 e. The van der Waals surface area contributed by atoms with E-state index in [2.05, 4.69) is 6.58 Å². The van der Waals surface area contributed by atoms with Crippen LogP contribution in [0.3, 0.4) is 0 Å². The third-order valence-electron chi connectivity index (χ3n) is 2.17. The summed E-state index contributed by atoms with van der Waals surface area (Å²) < 4.78 is 5.29. The van der Waals surface area contributed by atoms with Crippen LogP contribution in [0, 0.1) is 22.7 Å². The Morgan fingerprint density at radius 1 is 1.13 bits per heavy atom. The van der Waals surface area contributed by atoms with Crippen LogP contribution in [0.5, 0.6) is 5.75 Å². The molecule has 0 saturated carbocycles. The molecular weight excluding hydrogens is 188 g/mol. The van der Waals surface area contributed by atoms with Crippen molar-refractivity contribution < 1.29 is 4.74 Å². The van der Waals surface area contributed by atoms with E-state index in [-0.39, 0.29) is 11.3 Å². The molecule has 0 radical (unpaired) electrons. The monoisotopic (exact) mass is 194 g/mol. The summed E-state index contributed by atoms with van der Waals surface area (Å²) in [5, 5.41) is 17.7. The number of allylic oxidation sites excluding steroid dienone is 3. The first kappa shape index (κ1) is 9.05. The highest BCUT2D eigenvalue weighted by Gasteiger charge is 2.22. The van der Waals surface area contributed by atoms with Crippen LogP contribution in [0.25, 0.3) is 5.57 Å². The van der Waals surface area contributed by atoms with Crippen molar-refractivity contribution in [1.29, 1.82) is 10.5 Å². The molecule has 0 N–H and O–H groups in total. The molecule has 1 aliphatic heterocycles. The molecule has 0 unspecified atom stereocenters. The SMILES string of the molecule is C=C1C(C#N)=C(C#N)Oc2ccccc21. The van der Waals surface area contributed by atoms with Gasteiger partial charge in [-0.05, 0) is 6.07 Å². The average Bonchev–Trinajstić information content (AvgIpc) is 2.29. The van der Waals surface area contributed by atoms with Gasteiger partial charge in [-0.15, -0.1) is 0 Å². The van der Waals surface area contributed by atoms with Crippen LogP contribution in [0.4, 0.5) is 0 Å². The Morgan fingerprint density at radius 2 is 1.87 bits per heavy atom. The van der Waals surface area contributed by atoms with Gasteiger partial charge in [0.2, 0.25) is 5.76 Å². The van der Waals surface area contributed by atoms with Gasteiger partial charge in [0.1, 0.15) is 23.5 Å². The van der Waals surface area contributed by atoms with E-state index in [9.17, 15) is 0 Å². The van der Waals surface area contributed by atoms with Gasteiger partial charge < -0.3 is 4.74 Å². The van der Waals surface area contributed by atoms with Gasteiger partial charge in [0.05, 0.1) is 0 Å². The van der Waals surface area contributed by atoms with Crippen molar-refractivity contribution in [1.82, 2.24) is 0 Å². The van der Waals surface area contributed by atoms with E-state index in [4.69, 9.17) is 15.3 Å². The van der Waals surface area contributed by atoms with Crippen molar-refractivity contribution in [2.75, 3.05) is 0 Å². The third kappa shape index (κ3) is 1.27. The van der Waals surface area contributed by atoms with Crippen LogP contribution in [-0.4, -0.2) is 0 Å². The van der Waals surface area contributed by atoms with Crippen molar-refractivity contribution in [3.05, 3.63) is 47.7 Å². The lowest BCUT2D eigenvalue weighted by atomic mass is 9.96. The summed E-state index contributed by atoms with van der Waals surface area (Å²) >= 11 is 0. The van der Waals surface area contributed by atoms with E-state index in [0.717, 1.165) is 5.56 Å². The first-order chi connectivity index (χ1) is 7.27. The lowest BCUT2D eigenvalue weighted by molar-refractivity contribution is 0.439. The summed E-state index contributed by atoms with van der Waals surface area (Å²) in [6, 6.07) is 11.0. The molecule has 0 bridgehead atoms. The van der Waals surface area contributed by atoms with Crippen molar-refractivity contribution >= 4 is 5.57 Å². The predicted octanol–water partition coefficient (Wildman–Crippen LogP) is 2.39. The number of hydrogen-bond donors (Lipinski definition) is 0. The maximum absolute atomic E-state index is 8.89. The summed E-state index contributed by atoms with van der Waals surface area (Å²) in [5.41, 5.74) is 1.50. The molecular formula is C12H6N2O. The van der Waals surface area contributed by atoms with E-state index < -0.39 is 0 Å². The zero-order valence-electron chi connectivity index (χ0n) is 7.82. The molecule has 0 spiro atoms. The highest BCUT2D eigenvalue weighted by Crippen LogP contribution is 2.36. The fraction of sp³-hybridized carbons (Fsp3) is 0. The molecule has 3 heteroatoms. The minimum atomic E-state index is 0.0150. The van der Waals surface area contributed by atoms with Gasteiger partial charge in [0.25, 0.3) is 0 Å². The van der Waals surface area contributed by atoms with Gasteiger partial charge >= 0.3 is 0 Å². The Hall–Kier alpha value is -2.52. The van der Waals surface area contributed by atoms with Crippen molar-refractivity contribution in [2.24, 2.45) is 0 Å². The summed E-state index contributed by atoms with van der Waals surface area (Å²) in [4.78, 5) is 0. The minimum absolute atomic E-state index is 0.0150. The van der Waals surface area contributed by atoms with Gasteiger partial charge in [-0.25, -0.2) is 0 Å². The highest BCUT2D eigenvalue weighted by atomic mass is 16.5. The Balaban J connectivity index is 2.64. The first-order valence-electron chi connectivity index (χ1n) is 4.29. The molecule has 15 heavy (non-hydrogen) atoms. The molecule has 0 aromatic heterocycles. The normalized spacial score (nSPS) is 13.6. The van der Waals surface area contributed by atoms with Gasteiger partial charge in [-0.3, -0.25) is 0 Å². The molecule has 2 rings (SSSR count). The quantitative estimate of drug-likeness (QED) is 0.637. The minimum Gasteiger partial charge on any atom is -0.444 e. The largest absolute Gasteiger partial charge is 0.444 e. The van der Waals surface area contributed by atoms with E-state index in [1.807, 2.05) is 24.3 Å². The molecule has 0 saturated heterocycles. The molecule has 3 nitrogen and oxygen atoms in total. The Bertz CT molecular complexity index is 556. The van der Waals surface area contributed by atoms with Crippen molar-refractivity contribution in [3.8, 4) is 17.9 Å². The van der Waals surface area contributed by atoms with E-state index >= 15 is 0 Å². The maximum atomic E-state index is 8.89. The second-order valence-electron chi connectivity index (χ2n) is 3.00. The lowest BCUT2D eigenvalue weighted by Crippen LogP contribution is -2.06. The zero-order chi connectivity index (χ0) is 10.8. The highest BCUT2D eigenvalue weighted by molar-refractivity contribution is 5.87. The van der Waals surface area contributed by atoms with Crippen LogP contribution in [0.2, 0.25) is 0 Å². The number of nitrogens with zero attached hydrogens (tertiary/aromatic N) is 2. The molecule has 70 valence electrons. The zero-order valence-corrected chi connectivity index (χ0v) is 7.82. The summed E-state index contributed by atoms with van der Waals surface area (Å²) in [5.74, 6) is 0.583. The number of ether oxygens (including phenoxy) is 1. The van der Waals surface area contributed by atoms with Crippen LogP contribution in [0.15, 0.2) is 42.2 Å². The third-order valence-corrected chi connectivity index (χ3v) is 2.17. The summed E-state index contributed by atoms with van der Waals surface area (Å²) in [7, 11) is 0. The van der Waals surface area contributed by atoms with Gasteiger partial charge in [-0.1, -0.05) is 24.8 Å². The molecule has 0 atom stereocenters. The predicted molar refractivity (Wildman–Crippen MR) is 54.4 cm³/mol. The van der Waals surface area contributed by atoms with Gasteiger partial charge in [-0.2, -0.15) is 10.5 Å². The lowest BCUT2D eigenvalue weighted by Gasteiger charge is -2.17.